The average Bonchev–Trinajstić information content (AvgIpc) is 3.87. The fourth-order valence-electron chi connectivity index (χ4n) is 10.4. The lowest BCUT2D eigenvalue weighted by atomic mass is 9.82. The summed E-state index contributed by atoms with van der Waals surface area (Å²) in [5.41, 5.74) is 16.8. The van der Waals surface area contributed by atoms with Gasteiger partial charge >= 0.3 is 0 Å². The molecule has 66 heavy (non-hydrogen) atoms. The molecular weight excluding hydrogens is 817 g/mol. The molecule has 0 N–H and O–H groups in total. The molecule has 1 aliphatic rings. The van der Waals surface area contributed by atoms with Gasteiger partial charge < -0.3 is 0 Å². The normalized spacial score (nSPS) is 13.4. The zero-order chi connectivity index (χ0) is 44.4. The van der Waals surface area contributed by atoms with Crippen LogP contribution in [-0.4, -0.2) is 11.5 Å². The van der Waals surface area contributed by atoms with Crippen LogP contribution in [0.3, 0.4) is 0 Å². The molecule has 0 bridgehead atoms. The standard InChI is InChI=1S/C63H46N2S/c1-40(42-30-32-44(33-31-42)43-17-6-4-7-18-43)65-62(64-39-41-29-34-52-51-24-14-15-28-57(51)63(2,3)58(52)37-41)56-38-59-60(53-25-13-12-23-49(53)56)55-27-16-26-54(61(55)66-59)50-36-35-46(45-19-8-5-9-20-45)47-21-10-11-22-48(47)50/h4-38H,39H2,1-3H3/b64-62-,65-40+. The first-order valence-corrected chi connectivity index (χ1v) is 23.7. The van der Waals surface area contributed by atoms with E-state index in [0.717, 1.165) is 28.1 Å². The van der Waals surface area contributed by atoms with Crippen molar-refractivity contribution < 1.29 is 0 Å². The predicted octanol–water partition coefficient (Wildman–Crippen LogP) is 17.1. The molecule has 1 aliphatic carbocycles. The smallest absolute Gasteiger partial charge is 0.155 e. The van der Waals surface area contributed by atoms with E-state index in [4.69, 9.17) is 9.98 Å². The number of thiophene rings is 1. The van der Waals surface area contributed by atoms with E-state index in [9.17, 15) is 0 Å². The van der Waals surface area contributed by atoms with Crippen molar-refractivity contribution in [1.82, 2.24) is 0 Å². The van der Waals surface area contributed by atoms with Crippen LogP contribution in [0.1, 0.15) is 48.6 Å². The third-order valence-electron chi connectivity index (χ3n) is 13.8. The van der Waals surface area contributed by atoms with Gasteiger partial charge in [0.1, 0.15) is 0 Å². The van der Waals surface area contributed by atoms with Gasteiger partial charge in [0.2, 0.25) is 0 Å². The van der Waals surface area contributed by atoms with Gasteiger partial charge in [-0.25, -0.2) is 4.99 Å². The molecule has 2 nitrogen and oxygen atoms in total. The monoisotopic (exact) mass is 862 g/mol. The van der Waals surface area contributed by atoms with Gasteiger partial charge in [0, 0.05) is 42.4 Å². The minimum absolute atomic E-state index is 0.0907. The largest absolute Gasteiger partial charge is 0.261 e. The zero-order valence-electron chi connectivity index (χ0n) is 37.2. The molecule has 0 amide bonds. The summed E-state index contributed by atoms with van der Waals surface area (Å²) in [7, 11) is 0. The maximum Gasteiger partial charge on any atom is 0.155 e. The number of amidine groups is 1. The first-order chi connectivity index (χ1) is 32.4. The molecule has 0 aliphatic heterocycles. The van der Waals surface area contributed by atoms with E-state index in [1.807, 2.05) is 11.3 Å². The van der Waals surface area contributed by atoms with Crippen molar-refractivity contribution in [2.45, 2.75) is 32.7 Å². The van der Waals surface area contributed by atoms with Crippen LogP contribution >= 0.6 is 11.3 Å². The summed E-state index contributed by atoms with van der Waals surface area (Å²) < 4.78 is 2.51. The van der Waals surface area contributed by atoms with Crippen LogP contribution in [0.5, 0.6) is 0 Å². The Morgan fingerprint density at radius 1 is 0.455 bits per heavy atom. The maximum atomic E-state index is 5.49. The van der Waals surface area contributed by atoms with E-state index in [1.54, 1.807) is 0 Å². The van der Waals surface area contributed by atoms with Gasteiger partial charge in [-0.3, -0.25) is 4.99 Å². The van der Waals surface area contributed by atoms with Crippen LogP contribution < -0.4 is 0 Å². The van der Waals surface area contributed by atoms with E-state index < -0.39 is 0 Å². The van der Waals surface area contributed by atoms with Crippen molar-refractivity contribution in [3.8, 4) is 44.5 Å². The third kappa shape index (κ3) is 6.69. The molecular formula is C63H46N2S. The van der Waals surface area contributed by atoms with Crippen molar-refractivity contribution in [3.05, 3.63) is 240 Å². The summed E-state index contributed by atoms with van der Waals surface area (Å²) in [5.74, 6) is 0.737. The Bertz CT molecular complexity index is 3740. The Morgan fingerprint density at radius 3 is 1.80 bits per heavy atom. The van der Waals surface area contributed by atoms with Crippen molar-refractivity contribution in [2.24, 2.45) is 9.98 Å². The highest BCUT2D eigenvalue weighted by molar-refractivity contribution is 7.26. The van der Waals surface area contributed by atoms with Gasteiger partial charge in [0.15, 0.2) is 5.84 Å². The summed E-state index contributed by atoms with van der Waals surface area (Å²) in [6.07, 6.45) is 0. The summed E-state index contributed by atoms with van der Waals surface area (Å²) in [6, 6.07) is 77.3. The average molecular weight is 863 g/mol. The molecule has 0 unspecified atom stereocenters. The molecule has 0 atom stereocenters. The van der Waals surface area contributed by atoms with Gasteiger partial charge in [0.25, 0.3) is 0 Å². The zero-order valence-corrected chi connectivity index (χ0v) is 38.0. The van der Waals surface area contributed by atoms with Crippen molar-refractivity contribution in [3.63, 3.8) is 0 Å². The van der Waals surface area contributed by atoms with Gasteiger partial charge in [-0.05, 0) is 95.7 Å². The maximum absolute atomic E-state index is 5.49. The summed E-state index contributed by atoms with van der Waals surface area (Å²) in [4.78, 5) is 11.0. The Hall–Kier alpha value is -7.72. The number of benzene rings is 10. The molecule has 0 spiro atoms. The van der Waals surface area contributed by atoms with Gasteiger partial charge in [-0.1, -0.05) is 220 Å². The molecule has 1 heterocycles. The summed E-state index contributed by atoms with van der Waals surface area (Å²) in [5, 5.41) is 7.41. The minimum atomic E-state index is -0.0907. The molecule has 11 aromatic rings. The third-order valence-corrected chi connectivity index (χ3v) is 15.0. The quantitative estimate of drug-likeness (QED) is 0.113. The highest BCUT2D eigenvalue weighted by Gasteiger charge is 2.35. The van der Waals surface area contributed by atoms with Crippen LogP contribution in [0.4, 0.5) is 0 Å². The Labute approximate surface area is 389 Å². The second-order valence-electron chi connectivity index (χ2n) is 18.0. The number of hydrogen-bond acceptors (Lipinski definition) is 2. The van der Waals surface area contributed by atoms with E-state index in [2.05, 4.69) is 233 Å². The van der Waals surface area contributed by atoms with Crippen LogP contribution in [0, 0.1) is 0 Å². The fraction of sp³-hybridized carbons (Fsp3) is 0.0794. The van der Waals surface area contributed by atoms with E-state index in [0.29, 0.717) is 6.54 Å². The molecule has 0 radical (unpaired) electrons. The molecule has 0 saturated heterocycles. The molecule has 0 fully saturated rings. The number of hydrogen-bond donors (Lipinski definition) is 0. The van der Waals surface area contributed by atoms with E-state index >= 15 is 0 Å². The molecule has 3 heteroatoms. The van der Waals surface area contributed by atoms with Gasteiger partial charge in [-0.15, -0.1) is 11.3 Å². The van der Waals surface area contributed by atoms with Gasteiger partial charge in [-0.2, -0.15) is 0 Å². The first kappa shape index (κ1) is 39.8. The predicted molar refractivity (Wildman–Crippen MR) is 284 cm³/mol. The Morgan fingerprint density at radius 2 is 1.03 bits per heavy atom. The number of fused-ring (bicyclic) bond motifs is 9. The molecule has 10 aromatic carbocycles. The van der Waals surface area contributed by atoms with Crippen molar-refractivity contribution in [2.75, 3.05) is 0 Å². The molecule has 12 rings (SSSR count). The summed E-state index contributed by atoms with van der Waals surface area (Å²) in [6.45, 7) is 7.30. The summed E-state index contributed by atoms with van der Waals surface area (Å²) >= 11 is 1.87. The van der Waals surface area contributed by atoms with Crippen LogP contribution in [-0.2, 0) is 12.0 Å². The minimum Gasteiger partial charge on any atom is -0.261 e. The van der Waals surface area contributed by atoms with Crippen molar-refractivity contribution in [1.29, 1.82) is 0 Å². The van der Waals surface area contributed by atoms with E-state index in [1.165, 1.54) is 97.5 Å². The first-order valence-electron chi connectivity index (χ1n) is 22.8. The second-order valence-corrected chi connectivity index (χ2v) is 19.1. The van der Waals surface area contributed by atoms with Crippen LogP contribution in [0.25, 0.3) is 86.2 Å². The number of rotatable bonds is 7. The molecule has 314 valence electrons. The number of aliphatic imine (C=N–C) groups is 2. The van der Waals surface area contributed by atoms with Crippen molar-refractivity contribution >= 4 is 64.6 Å². The topological polar surface area (TPSA) is 24.7 Å². The lowest BCUT2D eigenvalue weighted by Crippen LogP contribution is -2.15. The van der Waals surface area contributed by atoms with Crippen LogP contribution in [0.15, 0.2) is 222 Å². The Kier molecular flexibility index (Phi) is 9.70. The van der Waals surface area contributed by atoms with Crippen LogP contribution in [0.2, 0.25) is 0 Å². The lowest BCUT2D eigenvalue weighted by Gasteiger charge is -2.21. The highest BCUT2D eigenvalue weighted by atomic mass is 32.1. The fourth-order valence-corrected chi connectivity index (χ4v) is 11.7. The SMILES string of the molecule is C/C(=N\C(=N/Cc1ccc2c(c1)C(C)(C)c1ccccc1-2)c1cc2sc3c(-c4ccc(-c5ccccc5)c5ccccc45)cccc3c2c2ccccc12)c1ccc(-c2ccccc2)cc1. The number of nitrogens with zero attached hydrogens (tertiary/aromatic N) is 2. The van der Waals surface area contributed by atoms with Gasteiger partial charge in [0.05, 0.1) is 6.54 Å². The second kappa shape index (κ2) is 16.1. The molecule has 1 aromatic heterocycles. The van der Waals surface area contributed by atoms with E-state index in [-0.39, 0.29) is 5.41 Å². The molecule has 0 saturated carbocycles. The Balaban J connectivity index is 1.02. The highest BCUT2D eigenvalue weighted by Crippen LogP contribution is 2.49. The lowest BCUT2D eigenvalue weighted by molar-refractivity contribution is 0.659.